The summed E-state index contributed by atoms with van der Waals surface area (Å²) in [6.07, 6.45) is 1.37. The maximum absolute atomic E-state index is 7.78. The summed E-state index contributed by atoms with van der Waals surface area (Å²) in [6, 6.07) is 1.37. The first-order valence-corrected chi connectivity index (χ1v) is 1.63. The standard InChI is InChI=1S/C3H2N5.K/c4-1-7-3(6)8-2-5;/h(H2,6,7);/q-1;+1. The molecule has 0 aliphatic rings. The smallest absolute Gasteiger partial charge is 0.422 e. The van der Waals surface area contributed by atoms with E-state index in [9.17, 15) is 0 Å². The van der Waals surface area contributed by atoms with Gasteiger partial charge in [0.05, 0.1) is 0 Å². The fourth-order valence-corrected chi connectivity index (χ4v) is 0.127. The molecule has 0 bridgehead atoms. The van der Waals surface area contributed by atoms with Crippen LogP contribution in [0.4, 0.5) is 0 Å². The van der Waals surface area contributed by atoms with Gasteiger partial charge in [-0.2, -0.15) is 10.3 Å². The van der Waals surface area contributed by atoms with Crippen molar-refractivity contribution in [1.29, 1.82) is 5.26 Å². The predicted octanol–water partition coefficient (Wildman–Crippen LogP) is -3.47. The third-order valence-corrected chi connectivity index (χ3v) is 0.329. The van der Waals surface area contributed by atoms with E-state index in [0.717, 1.165) is 0 Å². The van der Waals surface area contributed by atoms with Crippen LogP contribution in [0.15, 0.2) is 9.98 Å². The van der Waals surface area contributed by atoms with Gasteiger partial charge < -0.3 is 16.1 Å². The van der Waals surface area contributed by atoms with Gasteiger partial charge in [0.15, 0.2) is 0 Å². The zero-order chi connectivity index (χ0) is 6.41. The maximum Gasteiger partial charge on any atom is 1.00 e. The summed E-state index contributed by atoms with van der Waals surface area (Å²) in [6.45, 7) is 0. The molecule has 40 valence electrons. The van der Waals surface area contributed by atoms with E-state index in [-0.39, 0.29) is 57.3 Å². The van der Waals surface area contributed by atoms with Crippen molar-refractivity contribution < 1.29 is 51.4 Å². The number of rotatable bonds is 0. The molecular weight excluding hydrogens is 145 g/mol. The van der Waals surface area contributed by atoms with Crippen LogP contribution in [0.2, 0.25) is 0 Å². The van der Waals surface area contributed by atoms with E-state index in [0.29, 0.717) is 0 Å². The summed E-state index contributed by atoms with van der Waals surface area (Å²) in [5.41, 5.74) is 4.83. The molecule has 0 aromatic carbocycles. The summed E-state index contributed by atoms with van der Waals surface area (Å²) in [5.74, 6) is -0.310. The molecule has 0 spiro atoms. The normalized spacial score (nSPS) is 8.11. The topological polar surface area (TPSA) is 96.8 Å². The molecule has 0 radical (unpaired) electrons. The molecule has 9 heavy (non-hydrogen) atoms. The van der Waals surface area contributed by atoms with E-state index in [1.54, 1.807) is 0 Å². The second kappa shape index (κ2) is 7.98. The van der Waals surface area contributed by atoms with Crippen molar-refractivity contribution in [2.75, 3.05) is 0 Å². The largest absolute Gasteiger partial charge is 1.00 e. The van der Waals surface area contributed by atoms with Gasteiger partial charge in [-0.3, -0.25) is 0 Å². The summed E-state index contributed by atoms with van der Waals surface area (Å²) in [7, 11) is 0. The van der Waals surface area contributed by atoms with E-state index in [4.69, 9.17) is 16.4 Å². The SMILES string of the molecule is N#CN=C(N)N=C=[N-].[K+]. The maximum atomic E-state index is 7.78. The zero-order valence-corrected chi connectivity index (χ0v) is 7.99. The third-order valence-electron chi connectivity index (χ3n) is 0.329. The van der Waals surface area contributed by atoms with Crippen molar-refractivity contribution in [3.8, 4) is 6.19 Å². The van der Waals surface area contributed by atoms with Crippen LogP contribution in [-0.2, 0) is 0 Å². The molecule has 0 unspecified atom stereocenters. The Kier molecular flexibility index (Phi) is 10.4. The second-order valence-electron chi connectivity index (χ2n) is 0.782. The van der Waals surface area contributed by atoms with Gasteiger partial charge in [-0.05, 0) is 0 Å². The Balaban J connectivity index is 0. The van der Waals surface area contributed by atoms with Crippen molar-refractivity contribution in [3.63, 3.8) is 0 Å². The van der Waals surface area contributed by atoms with Crippen LogP contribution in [0.1, 0.15) is 0 Å². The van der Waals surface area contributed by atoms with Gasteiger partial charge in [0.2, 0.25) is 6.19 Å². The van der Waals surface area contributed by atoms with Crippen molar-refractivity contribution in [3.05, 3.63) is 5.41 Å². The quantitative estimate of drug-likeness (QED) is 0.167. The fourth-order valence-electron chi connectivity index (χ4n) is 0.127. The molecule has 0 aromatic heterocycles. The minimum absolute atomic E-state index is 0. The number of nitriles is 1. The van der Waals surface area contributed by atoms with Crippen LogP contribution in [-0.4, -0.2) is 12.0 Å². The third kappa shape index (κ3) is 7.98. The molecule has 0 aromatic rings. The van der Waals surface area contributed by atoms with Crippen molar-refractivity contribution in [2.24, 2.45) is 15.7 Å². The summed E-state index contributed by atoms with van der Waals surface area (Å²) < 4.78 is 0. The van der Waals surface area contributed by atoms with Crippen LogP contribution in [0.5, 0.6) is 0 Å². The molecule has 0 atom stereocenters. The Morgan fingerprint density at radius 3 is 2.56 bits per heavy atom. The minimum atomic E-state index is -0.310. The van der Waals surface area contributed by atoms with Gasteiger partial charge in [0.1, 0.15) is 5.96 Å². The van der Waals surface area contributed by atoms with Gasteiger partial charge >= 0.3 is 51.4 Å². The van der Waals surface area contributed by atoms with E-state index in [1.807, 2.05) is 0 Å². The van der Waals surface area contributed by atoms with Crippen LogP contribution in [0, 0.1) is 11.5 Å². The number of nitrogens with zero attached hydrogens (tertiary/aromatic N) is 4. The van der Waals surface area contributed by atoms with Crippen LogP contribution in [0.3, 0.4) is 0 Å². The first kappa shape index (κ1) is 11.7. The molecule has 5 nitrogen and oxygen atoms in total. The van der Waals surface area contributed by atoms with E-state index in [1.165, 1.54) is 12.2 Å². The first-order valence-electron chi connectivity index (χ1n) is 1.63. The Morgan fingerprint density at radius 1 is 1.67 bits per heavy atom. The number of nitrogens with two attached hydrogens (primary N) is 1. The van der Waals surface area contributed by atoms with E-state index < -0.39 is 0 Å². The molecule has 0 aliphatic heterocycles. The molecule has 2 N–H and O–H groups in total. The van der Waals surface area contributed by atoms with Crippen LogP contribution < -0.4 is 57.1 Å². The Bertz CT molecular complexity index is 183. The second-order valence-corrected chi connectivity index (χ2v) is 0.782. The summed E-state index contributed by atoms with van der Waals surface area (Å²) in [4.78, 5) is 5.85. The zero-order valence-electron chi connectivity index (χ0n) is 4.87. The minimum Gasteiger partial charge on any atom is -0.422 e. The number of guanidine groups is 1. The Hall–Kier alpha value is -0.0236. The van der Waals surface area contributed by atoms with Crippen molar-refractivity contribution in [2.45, 2.75) is 0 Å². The molecule has 6 heteroatoms. The van der Waals surface area contributed by atoms with Crippen LogP contribution >= 0.6 is 0 Å². The van der Waals surface area contributed by atoms with E-state index >= 15 is 0 Å². The Labute approximate surface area is 94.6 Å². The number of aliphatic imine (C=N–C) groups is 2. The van der Waals surface area contributed by atoms with Gasteiger partial charge in [0.25, 0.3) is 0 Å². The Morgan fingerprint density at radius 2 is 2.22 bits per heavy atom. The summed E-state index contributed by atoms with van der Waals surface area (Å²) in [5, 5.41) is 15.6. The molecule has 0 saturated carbocycles. The summed E-state index contributed by atoms with van der Waals surface area (Å²) >= 11 is 0. The molecular formula is C3H2KN5. The van der Waals surface area contributed by atoms with Gasteiger partial charge in [-0.25, -0.2) is 0 Å². The van der Waals surface area contributed by atoms with Crippen LogP contribution in [0.25, 0.3) is 5.41 Å². The van der Waals surface area contributed by atoms with Gasteiger partial charge in [-0.15, -0.1) is 6.01 Å². The predicted molar refractivity (Wildman–Crippen MR) is 28.0 cm³/mol. The first-order chi connectivity index (χ1) is 3.81. The van der Waals surface area contributed by atoms with Gasteiger partial charge in [0, 0.05) is 0 Å². The number of hydrogen-bond donors (Lipinski definition) is 1. The average Bonchev–Trinajstić information content (AvgIpc) is 1.68. The fraction of sp³-hybridized carbons (Fsp3) is 0. The molecule has 0 amide bonds. The van der Waals surface area contributed by atoms with E-state index in [2.05, 4.69) is 9.98 Å². The molecule has 0 saturated heterocycles. The van der Waals surface area contributed by atoms with Gasteiger partial charge in [-0.1, -0.05) is 0 Å². The monoisotopic (exact) mass is 147 g/mol. The molecule has 0 fully saturated rings. The molecule has 0 heterocycles. The average molecular weight is 147 g/mol. The molecule has 0 rings (SSSR count). The number of hydrogen-bond acceptors (Lipinski definition) is 2. The van der Waals surface area contributed by atoms with Crippen molar-refractivity contribution in [1.82, 2.24) is 0 Å². The van der Waals surface area contributed by atoms with Crippen molar-refractivity contribution >= 4 is 12.0 Å². The molecule has 0 aliphatic carbocycles.